The van der Waals surface area contributed by atoms with Crippen LogP contribution in [-0.2, 0) is 0 Å². The highest BCUT2D eigenvalue weighted by Crippen LogP contribution is 2.49. The monoisotopic (exact) mass is 441 g/mol. The molecular weight excluding hydrogens is 406 g/mol. The summed E-state index contributed by atoms with van der Waals surface area (Å²) in [6.45, 7) is 15.4. The highest BCUT2D eigenvalue weighted by molar-refractivity contribution is 7.99. The second kappa shape index (κ2) is 10.7. The van der Waals surface area contributed by atoms with Crippen LogP contribution in [0.1, 0.15) is 46.6 Å². The maximum atomic E-state index is 5.72. The van der Waals surface area contributed by atoms with Crippen LogP contribution in [0.3, 0.4) is 0 Å². The summed E-state index contributed by atoms with van der Waals surface area (Å²) in [6.07, 6.45) is 1.13. The number of para-hydroxylation sites is 1. The molecular formula is C25H35N3S2. The Morgan fingerprint density at radius 1 is 1.03 bits per heavy atom. The van der Waals surface area contributed by atoms with E-state index in [4.69, 9.17) is 12.2 Å². The van der Waals surface area contributed by atoms with Gasteiger partial charge in [-0.1, -0.05) is 69.9 Å². The van der Waals surface area contributed by atoms with Gasteiger partial charge in [-0.2, -0.15) is 0 Å². The topological polar surface area (TPSA) is 18.5 Å². The second-order valence-corrected chi connectivity index (χ2v) is 9.89. The number of hydrogen-bond acceptors (Lipinski definition) is 4. The summed E-state index contributed by atoms with van der Waals surface area (Å²) in [5.74, 6) is 0.674. The molecule has 0 aliphatic carbocycles. The van der Waals surface area contributed by atoms with Gasteiger partial charge in [0.1, 0.15) is 4.99 Å². The van der Waals surface area contributed by atoms with Crippen molar-refractivity contribution in [3.63, 3.8) is 0 Å². The fraction of sp³-hybridized carbons (Fsp3) is 0.480. The van der Waals surface area contributed by atoms with Crippen molar-refractivity contribution < 1.29 is 0 Å². The van der Waals surface area contributed by atoms with E-state index in [2.05, 4.69) is 92.2 Å². The lowest BCUT2D eigenvalue weighted by atomic mass is 10.1. The Labute approximate surface area is 192 Å². The van der Waals surface area contributed by atoms with Crippen molar-refractivity contribution in [3.05, 3.63) is 48.0 Å². The predicted molar refractivity (Wildman–Crippen MR) is 136 cm³/mol. The average molecular weight is 442 g/mol. The molecule has 0 radical (unpaired) electrons. The fourth-order valence-corrected chi connectivity index (χ4v) is 5.19. The van der Waals surface area contributed by atoms with Gasteiger partial charge in [0.05, 0.1) is 11.4 Å². The Balaban J connectivity index is 1.92. The molecule has 162 valence electrons. The number of hydrogen-bond donors (Lipinski definition) is 1. The van der Waals surface area contributed by atoms with Crippen LogP contribution in [0, 0.1) is 5.92 Å². The molecule has 0 fully saturated rings. The smallest absolute Gasteiger partial charge is 0.106 e. The Kier molecular flexibility index (Phi) is 8.20. The highest BCUT2D eigenvalue weighted by atomic mass is 32.2. The van der Waals surface area contributed by atoms with E-state index in [9.17, 15) is 0 Å². The van der Waals surface area contributed by atoms with Gasteiger partial charge in [0.15, 0.2) is 0 Å². The number of nitrogens with one attached hydrogen (secondary N) is 1. The lowest BCUT2D eigenvalue weighted by molar-refractivity contribution is 0.288. The van der Waals surface area contributed by atoms with Crippen LogP contribution in [0.25, 0.3) is 0 Å². The van der Waals surface area contributed by atoms with Crippen LogP contribution >= 0.6 is 24.0 Å². The maximum Gasteiger partial charge on any atom is 0.106 e. The minimum atomic E-state index is 0.364. The second-order valence-electron chi connectivity index (χ2n) is 8.40. The van der Waals surface area contributed by atoms with Crippen LogP contribution < -0.4 is 10.2 Å². The molecule has 0 amide bonds. The number of thiocarbonyl (C=S) groups is 1. The zero-order chi connectivity index (χ0) is 21.7. The molecule has 3 nitrogen and oxygen atoms in total. The molecule has 5 heteroatoms. The van der Waals surface area contributed by atoms with Gasteiger partial charge in [-0.15, -0.1) is 0 Å². The van der Waals surface area contributed by atoms with Crippen LogP contribution in [0.5, 0.6) is 0 Å². The molecule has 2 aromatic rings. The molecule has 0 aromatic heterocycles. The van der Waals surface area contributed by atoms with Crippen molar-refractivity contribution in [1.29, 1.82) is 0 Å². The number of anilines is 2. The van der Waals surface area contributed by atoms with E-state index in [-0.39, 0.29) is 0 Å². The fourth-order valence-electron chi connectivity index (χ4n) is 3.91. The minimum Gasteiger partial charge on any atom is -0.376 e. The quantitative estimate of drug-likeness (QED) is 0.457. The van der Waals surface area contributed by atoms with Crippen molar-refractivity contribution in [2.45, 2.75) is 56.9 Å². The molecule has 0 spiro atoms. The molecule has 1 atom stereocenters. The largest absolute Gasteiger partial charge is 0.376 e. The molecule has 2 aromatic carbocycles. The average Bonchev–Trinajstić information content (AvgIpc) is 2.74. The standard InChI is InChI=1S/C25H35N3S2/c1-6-27(7-2)17-19(5)28-21-10-8-9-11-23(21)30-24-13-12-20(16-22(24)28)25(29)26-15-14-18(3)4/h8-13,16,18-19H,6-7,14-15,17H2,1-5H3,(H,26,29)/t19-/m1/s1. The normalized spacial score (nSPS) is 13.9. The van der Waals surface area contributed by atoms with Crippen LogP contribution in [0.15, 0.2) is 52.3 Å². The summed E-state index contributed by atoms with van der Waals surface area (Å²) in [4.78, 5) is 8.48. The number of benzene rings is 2. The Bertz CT molecular complexity index is 861. The van der Waals surface area contributed by atoms with Crippen LogP contribution in [0.2, 0.25) is 0 Å². The molecule has 1 aliphatic heterocycles. The van der Waals surface area contributed by atoms with Crippen molar-refractivity contribution in [2.24, 2.45) is 5.92 Å². The Hall–Kier alpha value is -1.56. The Morgan fingerprint density at radius 3 is 2.43 bits per heavy atom. The number of nitrogens with zero attached hydrogens (tertiary/aromatic N) is 2. The van der Waals surface area contributed by atoms with Crippen molar-refractivity contribution >= 4 is 40.3 Å². The number of likely N-dealkylation sites (N-methyl/N-ethyl adjacent to an activating group) is 1. The van der Waals surface area contributed by atoms with E-state index in [1.165, 1.54) is 21.2 Å². The molecule has 1 heterocycles. The first-order chi connectivity index (χ1) is 14.4. The third kappa shape index (κ3) is 5.37. The van der Waals surface area contributed by atoms with Gasteiger partial charge in [0.2, 0.25) is 0 Å². The minimum absolute atomic E-state index is 0.364. The van der Waals surface area contributed by atoms with Crippen molar-refractivity contribution in [1.82, 2.24) is 10.2 Å². The number of rotatable bonds is 9. The summed E-state index contributed by atoms with van der Waals surface area (Å²) in [5, 5.41) is 3.45. The van der Waals surface area contributed by atoms with E-state index in [1.54, 1.807) is 0 Å². The summed E-state index contributed by atoms with van der Waals surface area (Å²) < 4.78 is 0. The van der Waals surface area contributed by atoms with Gasteiger partial charge < -0.3 is 15.1 Å². The molecule has 3 rings (SSSR count). The third-order valence-electron chi connectivity index (χ3n) is 5.69. The van der Waals surface area contributed by atoms with Gasteiger partial charge in [-0.25, -0.2) is 0 Å². The van der Waals surface area contributed by atoms with Gasteiger partial charge >= 0.3 is 0 Å². The van der Waals surface area contributed by atoms with E-state index in [0.29, 0.717) is 12.0 Å². The van der Waals surface area contributed by atoms with Crippen LogP contribution in [0.4, 0.5) is 11.4 Å². The SMILES string of the molecule is CCN(CC)C[C@@H](C)N1c2ccccc2Sc2ccc(C(=S)NCCC(C)C)cc21. The van der Waals surface area contributed by atoms with E-state index < -0.39 is 0 Å². The van der Waals surface area contributed by atoms with E-state index >= 15 is 0 Å². The van der Waals surface area contributed by atoms with Crippen LogP contribution in [-0.4, -0.2) is 42.1 Å². The molecule has 0 unspecified atom stereocenters. The van der Waals surface area contributed by atoms with Gasteiger partial charge in [0.25, 0.3) is 0 Å². The molecule has 0 bridgehead atoms. The molecule has 0 saturated carbocycles. The summed E-state index contributed by atoms with van der Waals surface area (Å²) in [7, 11) is 0. The lowest BCUT2D eigenvalue weighted by Crippen LogP contribution is -2.41. The first kappa shape index (κ1) is 23.1. The van der Waals surface area contributed by atoms with Gasteiger partial charge in [-0.05, 0) is 56.6 Å². The zero-order valence-electron chi connectivity index (χ0n) is 18.9. The zero-order valence-corrected chi connectivity index (χ0v) is 20.6. The van der Waals surface area contributed by atoms with Crippen molar-refractivity contribution in [2.75, 3.05) is 31.1 Å². The lowest BCUT2D eigenvalue weighted by Gasteiger charge is -2.39. The highest BCUT2D eigenvalue weighted by Gasteiger charge is 2.28. The first-order valence-electron chi connectivity index (χ1n) is 11.1. The van der Waals surface area contributed by atoms with E-state index in [0.717, 1.165) is 43.2 Å². The number of fused-ring (bicyclic) bond motifs is 2. The van der Waals surface area contributed by atoms with Crippen molar-refractivity contribution in [3.8, 4) is 0 Å². The van der Waals surface area contributed by atoms with Gasteiger partial charge in [-0.3, -0.25) is 0 Å². The van der Waals surface area contributed by atoms with E-state index in [1.807, 2.05) is 11.8 Å². The maximum absolute atomic E-state index is 5.72. The summed E-state index contributed by atoms with van der Waals surface area (Å²) in [5.41, 5.74) is 3.67. The molecule has 1 N–H and O–H groups in total. The molecule has 30 heavy (non-hydrogen) atoms. The molecule has 1 aliphatic rings. The summed E-state index contributed by atoms with van der Waals surface area (Å²) >= 11 is 7.58. The molecule has 0 saturated heterocycles. The first-order valence-corrected chi connectivity index (χ1v) is 12.4. The Morgan fingerprint density at radius 2 is 1.73 bits per heavy atom. The predicted octanol–water partition coefficient (Wildman–Crippen LogP) is 6.33. The third-order valence-corrected chi connectivity index (χ3v) is 7.20. The van der Waals surface area contributed by atoms with Gasteiger partial charge in [0, 0.05) is 34.5 Å². The summed E-state index contributed by atoms with van der Waals surface area (Å²) in [6, 6.07) is 15.8.